The first-order valence-electron chi connectivity index (χ1n) is 9.03. The number of carbonyl (C=O) groups excluding carboxylic acids is 1. The van der Waals surface area contributed by atoms with Gasteiger partial charge in [-0.1, -0.05) is 32.9 Å². The fourth-order valence-electron chi connectivity index (χ4n) is 5.15. The third-order valence-corrected chi connectivity index (χ3v) is 9.01. The maximum Gasteiger partial charge on any atom is 0.256 e. The minimum absolute atomic E-state index is 0.0110. The number of fused-ring (bicyclic) bond motifs is 2. The summed E-state index contributed by atoms with van der Waals surface area (Å²) in [4.78, 5) is 12.4. The van der Waals surface area contributed by atoms with Crippen LogP contribution < -0.4 is 5.32 Å². The summed E-state index contributed by atoms with van der Waals surface area (Å²) in [5.41, 5.74) is 1.40. The fraction of sp³-hybridized carbons (Fsp3) is 0.450. The van der Waals surface area contributed by atoms with E-state index in [1.54, 1.807) is 34.6 Å². The van der Waals surface area contributed by atoms with Crippen LogP contribution in [0.3, 0.4) is 0 Å². The van der Waals surface area contributed by atoms with E-state index in [4.69, 9.17) is 0 Å². The number of nitrogens with one attached hydrogen (secondary N) is 1. The van der Waals surface area contributed by atoms with Crippen LogP contribution in [0, 0.1) is 10.8 Å². The van der Waals surface area contributed by atoms with E-state index in [1.165, 1.54) is 0 Å². The largest absolute Gasteiger partial charge is 0.321 e. The SMILES string of the molecule is CC1(C)C[C@H]2C[C@]1(C)CN2S(=O)(=O)c1ccc2c3c(cccc13)C(=O)N2. The first-order valence-corrected chi connectivity index (χ1v) is 10.5. The van der Waals surface area contributed by atoms with Gasteiger partial charge in [0, 0.05) is 34.6 Å². The van der Waals surface area contributed by atoms with Gasteiger partial charge in [-0.25, -0.2) is 8.42 Å². The molecule has 1 N–H and O–H groups in total. The number of hydrogen-bond donors (Lipinski definition) is 1. The normalized spacial score (nSPS) is 29.5. The van der Waals surface area contributed by atoms with E-state index in [-0.39, 0.29) is 22.8 Å². The van der Waals surface area contributed by atoms with Crippen LogP contribution >= 0.6 is 0 Å². The van der Waals surface area contributed by atoms with Crippen molar-refractivity contribution in [3.05, 3.63) is 35.9 Å². The van der Waals surface area contributed by atoms with Crippen LogP contribution in [0.15, 0.2) is 35.2 Å². The summed E-state index contributed by atoms with van der Waals surface area (Å²) in [5.74, 6) is -0.172. The highest BCUT2D eigenvalue weighted by molar-refractivity contribution is 7.89. The lowest BCUT2D eigenvalue weighted by Crippen LogP contribution is -2.46. The standard InChI is InChI=1S/C20H22N2O3S/c1-19(2)9-12-10-20(19,3)11-22(12)26(24,25)16-8-7-15-17-13(16)5-4-6-14(17)18(23)21-15/h4-8,12H,9-11H2,1-3H3,(H,21,23)/t12-,20+/m0/s1. The first-order chi connectivity index (χ1) is 12.1. The van der Waals surface area contributed by atoms with Crippen molar-refractivity contribution >= 4 is 32.4 Å². The third-order valence-electron chi connectivity index (χ3n) is 7.06. The molecular weight excluding hydrogens is 348 g/mol. The summed E-state index contributed by atoms with van der Waals surface area (Å²) in [6.45, 7) is 7.26. The van der Waals surface area contributed by atoms with Gasteiger partial charge in [0.05, 0.1) is 4.90 Å². The number of benzene rings is 2. The van der Waals surface area contributed by atoms with Gasteiger partial charge in [-0.3, -0.25) is 4.79 Å². The van der Waals surface area contributed by atoms with Crippen LogP contribution in [0.2, 0.25) is 0 Å². The van der Waals surface area contributed by atoms with E-state index < -0.39 is 10.0 Å². The minimum atomic E-state index is -3.61. The molecule has 2 aromatic rings. The van der Waals surface area contributed by atoms with Crippen molar-refractivity contribution in [3.63, 3.8) is 0 Å². The smallest absolute Gasteiger partial charge is 0.256 e. The Kier molecular flexibility index (Phi) is 2.92. The molecule has 1 saturated carbocycles. The Balaban J connectivity index is 1.66. The van der Waals surface area contributed by atoms with Crippen LogP contribution in [-0.4, -0.2) is 31.2 Å². The van der Waals surface area contributed by atoms with Crippen LogP contribution in [0.4, 0.5) is 5.69 Å². The average molecular weight is 370 g/mol. The van der Waals surface area contributed by atoms with Crippen molar-refractivity contribution in [2.75, 3.05) is 11.9 Å². The van der Waals surface area contributed by atoms with Crippen LogP contribution in [-0.2, 0) is 10.0 Å². The van der Waals surface area contributed by atoms with Gasteiger partial charge in [-0.15, -0.1) is 0 Å². The molecule has 5 rings (SSSR count). The summed E-state index contributed by atoms with van der Waals surface area (Å²) in [7, 11) is -3.61. The molecule has 6 heteroatoms. The van der Waals surface area contributed by atoms with Gasteiger partial charge in [0.1, 0.15) is 0 Å². The zero-order valence-electron chi connectivity index (χ0n) is 15.2. The number of rotatable bonds is 2. The molecule has 2 fully saturated rings. The summed E-state index contributed by atoms with van der Waals surface area (Å²) in [6.07, 6.45) is 1.81. The third kappa shape index (κ3) is 1.84. The molecule has 2 atom stereocenters. The zero-order chi connectivity index (χ0) is 18.5. The number of anilines is 1. The number of carbonyl (C=O) groups is 1. The van der Waals surface area contributed by atoms with Gasteiger partial charge in [0.2, 0.25) is 10.0 Å². The molecule has 2 heterocycles. The van der Waals surface area contributed by atoms with Gasteiger partial charge >= 0.3 is 0 Å². The minimum Gasteiger partial charge on any atom is -0.321 e. The highest BCUT2D eigenvalue weighted by atomic mass is 32.2. The molecule has 0 spiro atoms. The van der Waals surface area contributed by atoms with E-state index in [1.807, 2.05) is 0 Å². The molecule has 1 saturated heterocycles. The molecule has 0 radical (unpaired) electrons. The summed E-state index contributed by atoms with van der Waals surface area (Å²) in [5, 5.41) is 4.16. The number of hydrogen-bond acceptors (Lipinski definition) is 3. The van der Waals surface area contributed by atoms with Crippen molar-refractivity contribution in [2.45, 2.75) is 44.6 Å². The highest BCUT2D eigenvalue weighted by Crippen LogP contribution is 2.60. The molecule has 3 aliphatic rings. The van der Waals surface area contributed by atoms with Gasteiger partial charge in [-0.2, -0.15) is 4.31 Å². The van der Waals surface area contributed by atoms with Crippen molar-refractivity contribution in [1.82, 2.24) is 4.31 Å². The number of piperidine rings is 1. The predicted molar refractivity (Wildman–Crippen MR) is 101 cm³/mol. The number of sulfonamides is 1. The van der Waals surface area contributed by atoms with Gasteiger partial charge in [-0.05, 0) is 41.9 Å². The van der Waals surface area contributed by atoms with E-state index >= 15 is 0 Å². The van der Waals surface area contributed by atoms with Gasteiger partial charge < -0.3 is 5.32 Å². The lowest BCUT2D eigenvalue weighted by Gasteiger charge is -2.42. The second kappa shape index (κ2) is 4.67. The summed E-state index contributed by atoms with van der Waals surface area (Å²) < 4.78 is 28.8. The van der Waals surface area contributed by atoms with Crippen LogP contribution in [0.25, 0.3) is 10.8 Å². The van der Waals surface area contributed by atoms with Gasteiger partial charge in [0.25, 0.3) is 5.91 Å². The van der Waals surface area contributed by atoms with E-state index in [0.29, 0.717) is 28.1 Å². The topological polar surface area (TPSA) is 66.5 Å². The Morgan fingerprint density at radius 1 is 1.12 bits per heavy atom. The Bertz CT molecular complexity index is 1090. The Morgan fingerprint density at radius 2 is 1.88 bits per heavy atom. The molecule has 2 bridgehead atoms. The zero-order valence-corrected chi connectivity index (χ0v) is 16.0. The second-order valence-corrected chi connectivity index (χ2v) is 10.7. The summed E-state index contributed by atoms with van der Waals surface area (Å²) in [6, 6.07) is 8.71. The van der Waals surface area contributed by atoms with E-state index in [0.717, 1.165) is 18.2 Å². The Hall–Kier alpha value is -1.92. The monoisotopic (exact) mass is 370 g/mol. The maximum absolute atomic E-state index is 13.5. The average Bonchev–Trinajstić information content (AvgIpc) is 3.15. The van der Waals surface area contributed by atoms with Gasteiger partial charge in [0.15, 0.2) is 0 Å². The molecular formula is C20H22N2O3S. The Labute approximate surface area is 153 Å². The Morgan fingerprint density at radius 3 is 2.54 bits per heavy atom. The highest BCUT2D eigenvalue weighted by Gasteiger charge is 2.60. The number of amides is 1. The fourth-order valence-corrected chi connectivity index (χ4v) is 7.09. The first kappa shape index (κ1) is 16.3. The summed E-state index contributed by atoms with van der Waals surface area (Å²) >= 11 is 0. The molecule has 26 heavy (non-hydrogen) atoms. The molecule has 2 aliphatic heterocycles. The second-order valence-electron chi connectivity index (χ2n) is 8.85. The van der Waals surface area contributed by atoms with E-state index in [9.17, 15) is 13.2 Å². The van der Waals surface area contributed by atoms with Crippen LogP contribution in [0.1, 0.15) is 44.0 Å². The predicted octanol–water partition coefficient (Wildman–Crippen LogP) is 3.60. The molecule has 1 amide bonds. The van der Waals surface area contributed by atoms with Crippen LogP contribution in [0.5, 0.6) is 0 Å². The quantitative estimate of drug-likeness (QED) is 0.878. The van der Waals surface area contributed by atoms with Crippen molar-refractivity contribution in [3.8, 4) is 0 Å². The van der Waals surface area contributed by atoms with Crippen molar-refractivity contribution in [2.24, 2.45) is 10.8 Å². The van der Waals surface area contributed by atoms with E-state index in [2.05, 4.69) is 26.1 Å². The van der Waals surface area contributed by atoms with Crippen molar-refractivity contribution in [1.29, 1.82) is 0 Å². The van der Waals surface area contributed by atoms with Crippen molar-refractivity contribution < 1.29 is 13.2 Å². The molecule has 5 nitrogen and oxygen atoms in total. The maximum atomic E-state index is 13.5. The molecule has 0 aromatic heterocycles. The molecule has 2 aromatic carbocycles. The number of nitrogens with zero attached hydrogens (tertiary/aromatic N) is 1. The molecule has 136 valence electrons. The lowest BCUT2D eigenvalue weighted by atomic mass is 9.69. The lowest BCUT2D eigenvalue weighted by molar-refractivity contribution is 0.0952. The molecule has 0 unspecified atom stereocenters. The molecule has 1 aliphatic carbocycles.